The van der Waals surface area contributed by atoms with Gasteiger partial charge in [-0.3, -0.25) is 0 Å². The molecule has 2 aromatic carbocycles. The second kappa shape index (κ2) is 11.4. The highest BCUT2D eigenvalue weighted by Crippen LogP contribution is 2.30. The molecule has 35 heavy (non-hydrogen) atoms. The molecule has 8 heteroatoms. The van der Waals surface area contributed by atoms with Gasteiger partial charge < -0.3 is 19.5 Å². The van der Waals surface area contributed by atoms with E-state index in [1.165, 1.54) is 11.8 Å². The molecule has 0 saturated carbocycles. The second-order valence-electron chi connectivity index (χ2n) is 9.30. The topological polar surface area (TPSA) is 84.8 Å². The highest BCUT2D eigenvalue weighted by molar-refractivity contribution is 7.98. The summed E-state index contributed by atoms with van der Waals surface area (Å²) in [4.78, 5) is 23.0. The third kappa shape index (κ3) is 7.11. The molecule has 1 aromatic heterocycles. The molecule has 186 valence electrons. The SMILES string of the molecule is COc1ccc(CCN(C)c2cc(C(C)(C)C)nc(SCc3cccc(C(=O)O)c3)n2)cc1OC. The fourth-order valence-corrected chi connectivity index (χ4v) is 4.24. The van der Waals surface area contributed by atoms with E-state index in [2.05, 4.69) is 25.7 Å². The summed E-state index contributed by atoms with van der Waals surface area (Å²) in [7, 11) is 5.30. The number of methoxy groups -OCH3 is 2. The quantitative estimate of drug-likeness (QED) is 0.293. The minimum atomic E-state index is -0.929. The Balaban J connectivity index is 1.77. The number of carbonyl (C=O) groups is 1. The monoisotopic (exact) mass is 495 g/mol. The zero-order valence-corrected chi connectivity index (χ0v) is 22.0. The van der Waals surface area contributed by atoms with Crippen molar-refractivity contribution in [3.05, 3.63) is 70.9 Å². The van der Waals surface area contributed by atoms with Crippen LogP contribution in [-0.4, -0.2) is 48.9 Å². The Morgan fingerprint density at radius 2 is 1.74 bits per heavy atom. The fourth-order valence-electron chi connectivity index (χ4n) is 3.45. The van der Waals surface area contributed by atoms with Crippen LogP contribution in [-0.2, 0) is 17.6 Å². The molecule has 0 aliphatic carbocycles. The number of hydrogen-bond acceptors (Lipinski definition) is 7. The average Bonchev–Trinajstić information content (AvgIpc) is 2.85. The van der Waals surface area contributed by atoms with Crippen molar-refractivity contribution >= 4 is 23.5 Å². The normalized spacial score (nSPS) is 11.3. The molecule has 0 spiro atoms. The number of nitrogens with zero attached hydrogens (tertiary/aromatic N) is 3. The summed E-state index contributed by atoms with van der Waals surface area (Å²) >= 11 is 1.51. The van der Waals surface area contributed by atoms with Gasteiger partial charge in [-0.15, -0.1) is 0 Å². The van der Waals surface area contributed by atoms with Gasteiger partial charge in [0.05, 0.1) is 25.5 Å². The molecule has 0 amide bonds. The Bertz CT molecular complexity index is 1180. The molecule has 0 fully saturated rings. The zero-order valence-electron chi connectivity index (χ0n) is 21.2. The minimum absolute atomic E-state index is 0.138. The maximum atomic E-state index is 11.3. The Kier molecular flexibility index (Phi) is 8.62. The number of thioether (sulfide) groups is 1. The van der Waals surface area contributed by atoms with Crippen LogP contribution < -0.4 is 14.4 Å². The van der Waals surface area contributed by atoms with E-state index in [4.69, 9.17) is 19.4 Å². The lowest BCUT2D eigenvalue weighted by molar-refractivity contribution is 0.0696. The van der Waals surface area contributed by atoms with Crippen LogP contribution in [0.4, 0.5) is 5.82 Å². The number of carboxylic acid groups (broad SMARTS) is 1. The number of ether oxygens (including phenoxy) is 2. The Labute approximate surface area is 211 Å². The maximum absolute atomic E-state index is 11.3. The number of anilines is 1. The standard InChI is InChI=1S/C27H33N3O4S/c1-27(2,3)23-16-24(30(4)13-12-18-10-11-21(33-5)22(15-18)34-6)29-26(28-23)35-17-19-8-7-9-20(14-19)25(31)32/h7-11,14-16H,12-13,17H2,1-6H3,(H,31,32). The Morgan fingerprint density at radius 1 is 1.00 bits per heavy atom. The molecule has 0 unspecified atom stereocenters. The van der Waals surface area contributed by atoms with Gasteiger partial charge >= 0.3 is 5.97 Å². The third-order valence-electron chi connectivity index (χ3n) is 5.58. The van der Waals surface area contributed by atoms with Gasteiger partial charge in [0.25, 0.3) is 0 Å². The molecule has 0 atom stereocenters. The molecular weight excluding hydrogens is 462 g/mol. The number of carboxylic acids is 1. The number of hydrogen-bond donors (Lipinski definition) is 1. The third-order valence-corrected chi connectivity index (χ3v) is 6.50. The van der Waals surface area contributed by atoms with Crippen LogP contribution in [0.5, 0.6) is 11.5 Å². The largest absolute Gasteiger partial charge is 0.493 e. The number of rotatable bonds is 10. The van der Waals surface area contributed by atoms with E-state index in [0.29, 0.717) is 16.7 Å². The van der Waals surface area contributed by atoms with Crippen LogP contribution in [0.1, 0.15) is 48.0 Å². The van der Waals surface area contributed by atoms with Crippen molar-refractivity contribution < 1.29 is 19.4 Å². The van der Waals surface area contributed by atoms with Gasteiger partial charge in [-0.1, -0.05) is 50.7 Å². The number of benzene rings is 2. The lowest BCUT2D eigenvalue weighted by Crippen LogP contribution is -2.23. The summed E-state index contributed by atoms with van der Waals surface area (Å²) in [5.74, 6) is 1.94. The molecule has 0 saturated heterocycles. The summed E-state index contributed by atoms with van der Waals surface area (Å²) in [5, 5.41) is 9.93. The minimum Gasteiger partial charge on any atom is -0.493 e. The molecule has 0 bridgehead atoms. The van der Waals surface area contributed by atoms with Crippen LogP contribution in [0.3, 0.4) is 0 Å². The van der Waals surface area contributed by atoms with E-state index in [1.54, 1.807) is 32.4 Å². The van der Waals surface area contributed by atoms with Gasteiger partial charge in [-0.2, -0.15) is 0 Å². The molecule has 0 aliphatic rings. The van der Waals surface area contributed by atoms with Crippen LogP contribution in [0.25, 0.3) is 0 Å². The smallest absolute Gasteiger partial charge is 0.335 e. The maximum Gasteiger partial charge on any atom is 0.335 e. The van der Waals surface area contributed by atoms with Crippen molar-refractivity contribution in [3.63, 3.8) is 0 Å². The van der Waals surface area contributed by atoms with E-state index in [1.807, 2.05) is 37.4 Å². The van der Waals surface area contributed by atoms with E-state index in [-0.39, 0.29) is 11.0 Å². The molecule has 3 aromatic rings. The molecule has 0 radical (unpaired) electrons. The first-order valence-corrected chi connectivity index (χ1v) is 12.4. The Hall–Kier alpha value is -3.26. The molecular formula is C27H33N3O4S. The molecule has 3 rings (SSSR count). The first kappa shape index (κ1) is 26.3. The predicted octanol–water partition coefficient (Wildman–Crippen LogP) is 5.46. The van der Waals surface area contributed by atoms with Gasteiger partial charge in [0.1, 0.15) is 5.82 Å². The van der Waals surface area contributed by atoms with Crippen LogP contribution in [0.15, 0.2) is 53.7 Å². The lowest BCUT2D eigenvalue weighted by Gasteiger charge is -2.23. The average molecular weight is 496 g/mol. The van der Waals surface area contributed by atoms with Crippen LogP contribution in [0.2, 0.25) is 0 Å². The van der Waals surface area contributed by atoms with Crippen LogP contribution >= 0.6 is 11.8 Å². The van der Waals surface area contributed by atoms with Gasteiger partial charge in [0.15, 0.2) is 16.7 Å². The van der Waals surface area contributed by atoms with Gasteiger partial charge in [-0.25, -0.2) is 14.8 Å². The molecule has 0 aliphatic heterocycles. The fraction of sp³-hybridized carbons (Fsp3) is 0.370. The zero-order chi connectivity index (χ0) is 25.6. The lowest BCUT2D eigenvalue weighted by atomic mass is 9.92. The van der Waals surface area contributed by atoms with Crippen LogP contribution in [0, 0.1) is 0 Å². The van der Waals surface area contributed by atoms with E-state index >= 15 is 0 Å². The van der Waals surface area contributed by atoms with Gasteiger partial charge in [0.2, 0.25) is 0 Å². The van der Waals surface area contributed by atoms with E-state index in [9.17, 15) is 9.90 Å². The molecule has 1 heterocycles. The number of likely N-dealkylation sites (N-methyl/N-ethyl adjacent to an activating group) is 1. The van der Waals surface area contributed by atoms with Crippen molar-refractivity contribution in [1.82, 2.24) is 9.97 Å². The Morgan fingerprint density at radius 3 is 2.40 bits per heavy atom. The van der Waals surface area contributed by atoms with Crippen molar-refractivity contribution in [2.75, 3.05) is 32.7 Å². The van der Waals surface area contributed by atoms with Crippen molar-refractivity contribution in [2.24, 2.45) is 0 Å². The molecule has 7 nitrogen and oxygen atoms in total. The summed E-state index contributed by atoms with van der Waals surface area (Å²) in [6.07, 6.45) is 0.816. The summed E-state index contributed by atoms with van der Waals surface area (Å²) < 4.78 is 10.8. The molecule has 1 N–H and O–H groups in total. The highest BCUT2D eigenvalue weighted by Gasteiger charge is 2.20. The van der Waals surface area contributed by atoms with Gasteiger partial charge in [0, 0.05) is 30.8 Å². The van der Waals surface area contributed by atoms with Gasteiger partial charge in [-0.05, 0) is 41.8 Å². The van der Waals surface area contributed by atoms with Crippen molar-refractivity contribution in [2.45, 2.75) is 43.5 Å². The summed E-state index contributed by atoms with van der Waals surface area (Å²) in [5.41, 5.74) is 3.17. The number of aromatic carboxylic acids is 1. The first-order chi connectivity index (χ1) is 16.6. The highest BCUT2D eigenvalue weighted by atomic mass is 32.2. The van der Waals surface area contributed by atoms with Crippen molar-refractivity contribution in [1.29, 1.82) is 0 Å². The second-order valence-corrected chi connectivity index (χ2v) is 10.2. The summed E-state index contributed by atoms with van der Waals surface area (Å²) in [6.45, 7) is 7.16. The summed E-state index contributed by atoms with van der Waals surface area (Å²) in [6, 6.07) is 15.0. The van der Waals surface area contributed by atoms with E-state index < -0.39 is 5.97 Å². The number of aromatic nitrogens is 2. The predicted molar refractivity (Wildman–Crippen MR) is 140 cm³/mol. The first-order valence-electron chi connectivity index (χ1n) is 11.4. The van der Waals surface area contributed by atoms with Crippen molar-refractivity contribution in [3.8, 4) is 11.5 Å². The van der Waals surface area contributed by atoms with E-state index in [0.717, 1.165) is 41.4 Å².